The van der Waals surface area contributed by atoms with E-state index in [2.05, 4.69) is 41.0 Å². The average molecular weight is 746 g/mol. The van der Waals surface area contributed by atoms with E-state index in [1.807, 2.05) is 13.8 Å². The highest BCUT2D eigenvalue weighted by atomic mass is 32.2. The van der Waals surface area contributed by atoms with Gasteiger partial charge in [0.1, 0.15) is 12.1 Å². The minimum absolute atomic E-state index is 0.0267. The fourth-order valence-corrected chi connectivity index (χ4v) is 10.6. The van der Waals surface area contributed by atoms with Gasteiger partial charge in [-0.1, -0.05) is 59.8 Å². The van der Waals surface area contributed by atoms with Crippen molar-refractivity contribution >= 4 is 39.4 Å². The molecule has 4 aliphatic rings. The maximum absolute atomic E-state index is 14.9. The number of sulfone groups is 1. The molecule has 3 aliphatic carbocycles. The second-order valence-electron chi connectivity index (χ2n) is 17.9. The monoisotopic (exact) mass is 745 g/mol. The lowest BCUT2D eigenvalue weighted by Gasteiger charge is -2.48. The van der Waals surface area contributed by atoms with Gasteiger partial charge in [-0.15, -0.1) is 12.3 Å². The number of amides is 5. The van der Waals surface area contributed by atoms with Crippen LogP contribution in [0.15, 0.2) is 0 Å². The molecule has 3 saturated carbocycles. The topological polar surface area (TPSA) is 171 Å². The van der Waals surface area contributed by atoms with Gasteiger partial charge in [-0.3, -0.25) is 19.2 Å². The summed E-state index contributed by atoms with van der Waals surface area (Å²) in [6.45, 7) is 13.7. The summed E-state index contributed by atoms with van der Waals surface area (Å²) in [6.07, 6.45) is 13.8. The minimum Gasteiger partial charge on any atom is -0.349 e. The Morgan fingerprint density at radius 3 is 2.12 bits per heavy atom. The largest absolute Gasteiger partial charge is 0.349 e. The summed E-state index contributed by atoms with van der Waals surface area (Å²) < 4.78 is 25.9. The molecule has 292 valence electrons. The van der Waals surface area contributed by atoms with Crippen LogP contribution in [0, 0.1) is 35.0 Å². The molecule has 0 aromatic heterocycles. The van der Waals surface area contributed by atoms with Crippen molar-refractivity contribution in [3.8, 4) is 12.3 Å². The second kappa shape index (κ2) is 16.1. The first-order valence-corrected chi connectivity index (χ1v) is 21.0. The molecule has 0 bridgehead atoms. The van der Waals surface area contributed by atoms with Crippen LogP contribution in [-0.2, 0) is 29.0 Å². The smallest absolute Gasteiger partial charge is 0.315 e. The first-order valence-electron chi connectivity index (χ1n) is 19.4. The van der Waals surface area contributed by atoms with Gasteiger partial charge >= 0.3 is 6.03 Å². The van der Waals surface area contributed by atoms with Gasteiger partial charge in [0.05, 0.1) is 22.1 Å². The van der Waals surface area contributed by atoms with Crippen molar-refractivity contribution in [2.24, 2.45) is 22.7 Å². The van der Waals surface area contributed by atoms with Gasteiger partial charge in [-0.25, -0.2) is 13.2 Å². The summed E-state index contributed by atoms with van der Waals surface area (Å²) in [6, 6.07) is -3.60. The molecule has 4 fully saturated rings. The summed E-state index contributed by atoms with van der Waals surface area (Å²) in [4.78, 5) is 70.6. The van der Waals surface area contributed by atoms with Gasteiger partial charge < -0.3 is 26.2 Å². The Kier molecular flexibility index (Phi) is 12.9. The standard InChI is InChI=1S/C39H63N5O7S/c1-9-11-17-28(30(45)33(47)40-22-10-2)41-32(46)29-26-23-37(6,7)27(26)24-44(29)34(48)31(38(8)18-15-16-19-38)42-35(49)43-39(20-13-12-14-21-39)25-52(50,51)36(3,4)5/h1,26-29,31H,10-25H2,2-8H3,(H,40,47)(H,41,46)(H2,42,43,49)/t26?,27?,28?,29?,31-/m1/s1. The molecule has 0 aromatic rings. The SMILES string of the molecule is C#CCCC(NC(=O)C1C2CC(C)(C)C2CN1C(=O)[C@@H](NC(=O)NC1(CS(=O)(=O)C(C)(C)C)CCCCC1)C1(C)CCCC1)C(=O)C(=O)NCCC. The van der Waals surface area contributed by atoms with E-state index in [4.69, 9.17) is 6.42 Å². The van der Waals surface area contributed by atoms with E-state index in [0.29, 0.717) is 51.6 Å². The van der Waals surface area contributed by atoms with Gasteiger partial charge in [-0.2, -0.15) is 0 Å². The Morgan fingerprint density at radius 1 is 0.942 bits per heavy atom. The summed E-state index contributed by atoms with van der Waals surface area (Å²) in [5.41, 5.74) is -1.67. The first-order chi connectivity index (χ1) is 24.2. The number of nitrogens with one attached hydrogen (secondary N) is 4. The predicted molar refractivity (Wildman–Crippen MR) is 201 cm³/mol. The fraction of sp³-hybridized carbons (Fsp3) is 0.821. The first kappa shape index (κ1) is 41.6. The second-order valence-corrected chi connectivity index (χ2v) is 20.7. The third-order valence-electron chi connectivity index (χ3n) is 12.5. The van der Waals surface area contributed by atoms with Gasteiger partial charge in [0.2, 0.25) is 17.6 Å². The third-order valence-corrected chi connectivity index (χ3v) is 15.3. The number of hydrogen-bond acceptors (Lipinski definition) is 7. The predicted octanol–water partition coefficient (Wildman–Crippen LogP) is 4.02. The Labute approximate surface area is 311 Å². The third kappa shape index (κ3) is 8.96. The lowest BCUT2D eigenvalue weighted by molar-refractivity contribution is -0.145. The van der Waals surface area contributed by atoms with Crippen molar-refractivity contribution in [2.75, 3.05) is 18.8 Å². The molecule has 1 saturated heterocycles. The summed E-state index contributed by atoms with van der Waals surface area (Å²) >= 11 is 0. The van der Waals surface area contributed by atoms with Crippen LogP contribution in [-0.4, -0.2) is 90.1 Å². The zero-order valence-electron chi connectivity index (χ0n) is 32.5. The van der Waals surface area contributed by atoms with Gasteiger partial charge in [0.25, 0.3) is 5.91 Å². The quantitative estimate of drug-likeness (QED) is 0.154. The van der Waals surface area contributed by atoms with E-state index in [9.17, 15) is 32.4 Å². The summed E-state index contributed by atoms with van der Waals surface area (Å²) in [5, 5.41) is 11.5. The van der Waals surface area contributed by atoms with Crippen molar-refractivity contribution in [1.29, 1.82) is 0 Å². The van der Waals surface area contributed by atoms with E-state index in [-0.39, 0.29) is 41.8 Å². The van der Waals surface area contributed by atoms with Crippen LogP contribution >= 0.6 is 0 Å². The van der Waals surface area contributed by atoms with Crippen LogP contribution < -0.4 is 21.3 Å². The zero-order chi connectivity index (χ0) is 38.7. The van der Waals surface area contributed by atoms with Crippen molar-refractivity contribution in [3.05, 3.63) is 0 Å². The Bertz CT molecular complexity index is 1520. The summed E-state index contributed by atoms with van der Waals surface area (Å²) in [5.74, 6) is -0.276. The molecule has 5 amide bonds. The number of hydrogen-bond donors (Lipinski definition) is 4. The van der Waals surface area contributed by atoms with Gasteiger partial charge in [0.15, 0.2) is 9.84 Å². The molecule has 4 unspecified atom stereocenters. The Morgan fingerprint density at radius 2 is 1.56 bits per heavy atom. The van der Waals surface area contributed by atoms with E-state index in [0.717, 1.165) is 32.1 Å². The van der Waals surface area contributed by atoms with Crippen molar-refractivity contribution in [2.45, 2.75) is 160 Å². The maximum atomic E-state index is 14.9. The number of fused-ring (bicyclic) bond motifs is 1. The molecule has 0 radical (unpaired) electrons. The van der Waals surface area contributed by atoms with Crippen molar-refractivity contribution in [1.82, 2.24) is 26.2 Å². The molecule has 0 aromatic carbocycles. The van der Waals surface area contributed by atoms with Crippen molar-refractivity contribution in [3.63, 3.8) is 0 Å². The molecule has 13 heteroatoms. The van der Waals surface area contributed by atoms with Crippen LogP contribution in [0.2, 0.25) is 0 Å². The zero-order valence-corrected chi connectivity index (χ0v) is 33.3. The average Bonchev–Trinajstić information content (AvgIpc) is 3.65. The minimum atomic E-state index is -3.57. The van der Waals surface area contributed by atoms with Crippen LogP contribution in [0.1, 0.15) is 132 Å². The number of carbonyl (C=O) groups excluding carboxylic acids is 5. The van der Waals surface area contributed by atoms with Crippen molar-refractivity contribution < 1.29 is 32.4 Å². The van der Waals surface area contributed by atoms with E-state index in [1.165, 1.54) is 0 Å². The molecule has 4 rings (SSSR count). The molecule has 5 atom stereocenters. The van der Waals surface area contributed by atoms with Crippen LogP contribution in [0.4, 0.5) is 4.79 Å². The number of likely N-dealkylation sites (tertiary alicyclic amines) is 1. The molecule has 4 N–H and O–H groups in total. The Balaban J connectivity index is 1.62. The number of urea groups is 1. The lowest BCUT2D eigenvalue weighted by atomic mass is 9.55. The molecule has 1 heterocycles. The van der Waals surface area contributed by atoms with E-state index in [1.54, 1.807) is 25.7 Å². The van der Waals surface area contributed by atoms with E-state index >= 15 is 0 Å². The molecule has 0 spiro atoms. The number of ketones is 1. The number of nitrogens with zero attached hydrogens (tertiary/aromatic N) is 1. The lowest BCUT2D eigenvalue weighted by Crippen LogP contribution is -2.64. The normalized spacial score (nSPS) is 25.7. The van der Waals surface area contributed by atoms with Crippen LogP contribution in [0.25, 0.3) is 0 Å². The molecule has 1 aliphatic heterocycles. The maximum Gasteiger partial charge on any atom is 0.315 e. The highest BCUT2D eigenvalue weighted by molar-refractivity contribution is 7.92. The molecule has 12 nitrogen and oxygen atoms in total. The van der Waals surface area contributed by atoms with Gasteiger partial charge in [-0.05, 0) is 88.4 Å². The van der Waals surface area contributed by atoms with Crippen LogP contribution in [0.5, 0.6) is 0 Å². The summed E-state index contributed by atoms with van der Waals surface area (Å²) in [7, 11) is -3.57. The fourth-order valence-electron chi connectivity index (χ4n) is 9.08. The number of terminal acetylenes is 1. The van der Waals surface area contributed by atoms with Crippen LogP contribution in [0.3, 0.4) is 0 Å². The number of carbonyl (C=O) groups is 5. The number of Topliss-reactive ketones (excluding diaryl/α,β-unsaturated/α-hetero) is 1. The number of rotatable bonds is 14. The highest BCUT2D eigenvalue weighted by Crippen LogP contribution is 2.57. The van der Waals surface area contributed by atoms with E-state index < -0.39 is 67.3 Å². The highest BCUT2D eigenvalue weighted by Gasteiger charge is 2.61. The molecular formula is C39H63N5O7S. The molecule has 52 heavy (non-hydrogen) atoms. The Hall–Kier alpha value is -3.14. The van der Waals surface area contributed by atoms with Gasteiger partial charge in [0, 0.05) is 19.5 Å². The molecular weight excluding hydrogens is 683 g/mol.